The van der Waals surface area contributed by atoms with Gasteiger partial charge < -0.3 is 24.3 Å². The molecule has 0 aromatic heterocycles. The van der Waals surface area contributed by atoms with Crippen LogP contribution in [0.5, 0.6) is 23.0 Å². The molecule has 0 radical (unpaired) electrons. The summed E-state index contributed by atoms with van der Waals surface area (Å²) in [7, 11) is 1.64. The topological polar surface area (TPSA) is 66.0 Å². The fourth-order valence-electron chi connectivity index (χ4n) is 3.44. The van der Waals surface area contributed by atoms with Crippen LogP contribution in [0.3, 0.4) is 0 Å². The maximum Gasteiger partial charge on any atom is 0.251 e. The summed E-state index contributed by atoms with van der Waals surface area (Å²) in [5.41, 5.74) is 2.62. The summed E-state index contributed by atoms with van der Waals surface area (Å²) in [6, 6.07) is 9.48. The summed E-state index contributed by atoms with van der Waals surface area (Å²) in [6.45, 7) is 4.06. The smallest absolute Gasteiger partial charge is 0.251 e. The summed E-state index contributed by atoms with van der Waals surface area (Å²) >= 11 is 0. The molecule has 0 unspecified atom stereocenters. The van der Waals surface area contributed by atoms with E-state index in [9.17, 15) is 4.79 Å². The highest BCUT2D eigenvalue weighted by Crippen LogP contribution is 2.33. The number of carbonyl (C=O) groups excluding carboxylic acids is 1. The van der Waals surface area contributed by atoms with E-state index in [1.165, 1.54) is 0 Å². The van der Waals surface area contributed by atoms with Crippen molar-refractivity contribution in [2.45, 2.75) is 13.3 Å². The largest absolute Gasteiger partial charge is 0.497 e. The first-order valence-corrected chi connectivity index (χ1v) is 9.12. The first-order valence-electron chi connectivity index (χ1n) is 9.12. The van der Waals surface area contributed by atoms with E-state index >= 15 is 0 Å². The third-order valence-corrected chi connectivity index (χ3v) is 4.94. The number of ether oxygens (including phenoxy) is 4. The number of benzene rings is 2. The van der Waals surface area contributed by atoms with Gasteiger partial charge in [-0.3, -0.25) is 4.79 Å². The highest BCUT2D eigenvalue weighted by Gasteiger charge is 2.22. The Morgan fingerprint density at radius 1 is 1.11 bits per heavy atom. The van der Waals surface area contributed by atoms with Gasteiger partial charge in [-0.1, -0.05) is 6.07 Å². The van der Waals surface area contributed by atoms with E-state index in [0.717, 1.165) is 29.0 Å². The Balaban J connectivity index is 1.40. The Bertz CT molecular complexity index is 864. The number of carbonyl (C=O) groups is 1. The molecule has 6 nitrogen and oxygen atoms in total. The van der Waals surface area contributed by atoms with E-state index in [0.29, 0.717) is 43.4 Å². The Hall–Kier alpha value is -2.89. The van der Waals surface area contributed by atoms with Crippen molar-refractivity contribution in [2.24, 2.45) is 5.92 Å². The third kappa shape index (κ3) is 3.65. The molecule has 0 bridgehead atoms. The average Bonchev–Trinajstić information content (AvgIpc) is 2.70. The second-order valence-corrected chi connectivity index (χ2v) is 6.88. The van der Waals surface area contributed by atoms with Gasteiger partial charge in [-0.15, -0.1) is 0 Å². The molecule has 0 saturated heterocycles. The monoisotopic (exact) mass is 369 g/mol. The van der Waals surface area contributed by atoms with Crippen LogP contribution in [0.2, 0.25) is 0 Å². The highest BCUT2D eigenvalue weighted by atomic mass is 16.6. The van der Waals surface area contributed by atoms with Gasteiger partial charge in [0.05, 0.1) is 13.7 Å². The van der Waals surface area contributed by atoms with Crippen LogP contribution in [0.4, 0.5) is 0 Å². The lowest BCUT2D eigenvalue weighted by Gasteiger charge is -2.26. The molecular weight excluding hydrogens is 346 g/mol. The van der Waals surface area contributed by atoms with Gasteiger partial charge in [0, 0.05) is 24.1 Å². The van der Waals surface area contributed by atoms with Crippen LogP contribution < -0.4 is 24.3 Å². The number of nitrogens with one attached hydrogen (secondary N) is 1. The van der Waals surface area contributed by atoms with E-state index in [-0.39, 0.29) is 11.8 Å². The molecule has 2 aromatic carbocycles. The minimum absolute atomic E-state index is 0.106. The van der Waals surface area contributed by atoms with Gasteiger partial charge in [0.1, 0.15) is 24.7 Å². The van der Waals surface area contributed by atoms with Gasteiger partial charge >= 0.3 is 0 Å². The van der Waals surface area contributed by atoms with Gasteiger partial charge in [0.25, 0.3) is 5.91 Å². The first kappa shape index (κ1) is 17.5. The van der Waals surface area contributed by atoms with Gasteiger partial charge in [-0.25, -0.2) is 0 Å². The number of rotatable bonds is 4. The van der Waals surface area contributed by atoms with Gasteiger partial charge in [0.2, 0.25) is 0 Å². The normalized spacial score (nSPS) is 17.5. The number of aryl methyl sites for hydroxylation is 1. The molecule has 4 rings (SSSR count). The average molecular weight is 369 g/mol. The van der Waals surface area contributed by atoms with Crippen LogP contribution in [0.15, 0.2) is 30.3 Å². The molecule has 2 aliphatic rings. The van der Waals surface area contributed by atoms with Crippen molar-refractivity contribution >= 4 is 5.91 Å². The van der Waals surface area contributed by atoms with E-state index in [1.54, 1.807) is 13.2 Å². The fourth-order valence-corrected chi connectivity index (χ4v) is 3.44. The van der Waals surface area contributed by atoms with Crippen LogP contribution >= 0.6 is 0 Å². The number of hydrogen-bond acceptors (Lipinski definition) is 5. The predicted molar refractivity (Wildman–Crippen MR) is 100 cm³/mol. The maximum atomic E-state index is 12.7. The maximum absolute atomic E-state index is 12.7. The molecular formula is C21H23NO5. The lowest BCUT2D eigenvalue weighted by Crippen LogP contribution is -2.35. The highest BCUT2D eigenvalue weighted by molar-refractivity contribution is 5.96. The van der Waals surface area contributed by atoms with Gasteiger partial charge in [-0.05, 0) is 42.7 Å². The molecule has 142 valence electrons. The Morgan fingerprint density at radius 2 is 1.89 bits per heavy atom. The summed E-state index contributed by atoms with van der Waals surface area (Å²) in [6.07, 6.45) is 0.861. The minimum atomic E-state index is -0.106. The number of hydrogen-bond donors (Lipinski definition) is 1. The molecule has 6 heteroatoms. The quantitative estimate of drug-likeness (QED) is 0.898. The molecule has 2 heterocycles. The molecule has 0 spiro atoms. The minimum Gasteiger partial charge on any atom is -0.497 e. The van der Waals surface area contributed by atoms with Crippen molar-refractivity contribution in [2.75, 3.05) is 33.5 Å². The van der Waals surface area contributed by atoms with Crippen molar-refractivity contribution in [3.8, 4) is 23.0 Å². The fraction of sp³-hybridized carbons (Fsp3) is 0.381. The van der Waals surface area contributed by atoms with Crippen LogP contribution in [0.1, 0.15) is 21.5 Å². The second kappa shape index (κ2) is 7.39. The lowest BCUT2D eigenvalue weighted by molar-refractivity contribution is 0.0937. The molecule has 2 aromatic rings. The molecule has 27 heavy (non-hydrogen) atoms. The molecule has 0 aliphatic carbocycles. The number of fused-ring (bicyclic) bond motifs is 2. The molecule has 1 N–H and O–H groups in total. The Morgan fingerprint density at radius 3 is 2.67 bits per heavy atom. The zero-order valence-electron chi connectivity index (χ0n) is 15.5. The Labute approximate surface area is 158 Å². The van der Waals surface area contributed by atoms with Crippen LogP contribution in [0.25, 0.3) is 0 Å². The zero-order valence-corrected chi connectivity index (χ0v) is 15.5. The molecule has 1 amide bonds. The summed E-state index contributed by atoms with van der Waals surface area (Å²) in [5.74, 6) is 3.09. The zero-order chi connectivity index (χ0) is 18.8. The van der Waals surface area contributed by atoms with E-state index in [2.05, 4.69) is 5.32 Å². The van der Waals surface area contributed by atoms with Crippen LogP contribution in [-0.4, -0.2) is 39.4 Å². The van der Waals surface area contributed by atoms with Crippen molar-refractivity contribution in [3.05, 3.63) is 47.0 Å². The van der Waals surface area contributed by atoms with Crippen molar-refractivity contribution in [1.29, 1.82) is 0 Å². The second-order valence-electron chi connectivity index (χ2n) is 6.88. The van der Waals surface area contributed by atoms with Crippen molar-refractivity contribution in [3.63, 3.8) is 0 Å². The predicted octanol–water partition coefficient (Wildman–Crippen LogP) is 2.76. The molecule has 2 aliphatic heterocycles. The SMILES string of the molecule is COc1ccc2c(c1)OC[C@@H](CNC(=O)c1cc3c(cc1C)OCCO3)C2. The molecule has 1 atom stereocenters. The van der Waals surface area contributed by atoms with Crippen LogP contribution in [-0.2, 0) is 6.42 Å². The van der Waals surface area contributed by atoms with Gasteiger partial charge in [-0.2, -0.15) is 0 Å². The lowest BCUT2D eigenvalue weighted by atomic mass is 9.96. The van der Waals surface area contributed by atoms with Crippen molar-refractivity contribution < 1.29 is 23.7 Å². The summed E-state index contributed by atoms with van der Waals surface area (Å²) in [5, 5.41) is 3.03. The summed E-state index contributed by atoms with van der Waals surface area (Å²) in [4.78, 5) is 12.7. The van der Waals surface area contributed by atoms with Crippen molar-refractivity contribution in [1.82, 2.24) is 5.32 Å². The standard InChI is InChI=1S/C21H23NO5/c1-13-7-19-20(26-6-5-25-19)10-17(13)21(23)22-11-14-8-15-3-4-16(24-2)9-18(15)27-12-14/h3-4,7,9-10,14H,5-6,8,11-12H2,1-2H3,(H,22,23)/t14-/m1/s1. The van der Waals surface area contributed by atoms with E-state index in [1.807, 2.05) is 31.2 Å². The molecule has 0 saturated carbocycles. The Kier molecular flexibility index (Phi) is 4.79. The summed E-state index contributed by atoms with van der Waals surface area (Å²) < 4.78 is 22.2. The molecule has 0 fully saturated rings. The first-order chi connectivity index (χ1) is 13.1. The van der Waals surface area contributed by atoms with Gasteiger partial charge in [0.15, 0.2) is 11.5 Å². The number of amides is 1. The third-order valence-electron chi connectivity index (χ3n) is 4.94. The van der Waals surface area contributed by atoms with E-state index in [4.69, 9.17) is 18.9 Å². The number of methoxy groups -OCH3 is 1. The van der Waals surface area contributed by atoms with E-state index < -0.39 is 0 Å². The van der Waals surface area contributed by atoms with Crippen LogP contribution in [0, 0.1) is 12.8 Å².